The molecule has 68 valence electrons. The molecule has 0 aromatic rings. The van der Waals surface area contributed by atoms with Crippen molar-refractivity contribution in [2.75, 3.05) is 0 Å². The molecule has 0 spiro atoms. The van der Waals surface area contributed by atoms with Crippen LogP contribution in [0.1, 0.15) is 66.2 Å². The van der Waals surface area contributed by atoms with Crippen LogP contribution in [-0.2, 0) is 0 Å². The summed E-state index contributed by atoms with van der Waals surface area (Å²) in [5, 5.41) is 0. The van der Waals surface area contributed by atoms with Crippen LogP contribution in [0.25, 0.3) is 0 Å². The van der Waals surface area contributed by atoms with Crippen LogP contribution in [0.15, 0.2) is 0 Å². The van der Waals surface area contributed by atoms with Crippen LogP contribution >= 0.6 is 0 Å². The summed E-state index contributed by atoms with van der Waals surface area (Å²) in [6.07, 6.45) is 8.30. The molecule has 0 aliphatic carbocycles. The van der Waals surface area contributed by atoms with Gasteiger partial charge in [0.15, 0.2) is 0 Å². The van der Waals surface area contributed by atoms with Crippen molar-refractivity contribution in [1.29, 1.82) is 0 Å². The minimum absolute atomic E-state index is 0.603. The zero-order chi connectivity index (χ0) is 8.74. The molecule has 0 aliphatic rings. The van der Waals surface area contributed by atoms with Crippen molar-refractivity contribution in [2.24, 2.45) is 5.41 Å². The van der Waals surface area contributed by atoms with E-state index in [0.717, 1.165) is 0 Å². The van der Waals surface area contributed by atoms with Crippen LogP contribution in [0, 0.1) is 5.41 Å². The molecule has 0 heteroatoms. The minimum Gasteiger partial charge on any atom is -0.0654 e. The molecule has 0 fully saturated rings. The van der Waals surface area contributed by atoms with Gasteiger partial charge in [-0.25, -0.2) is 0 Å². The highest BCUT2D eigenvalue weighted by atomic mass is 14.2. The Morgan fingerprint density at radius 1 is 0.818 bits per heavy atom. The Balaban J connectivity index is 3.43. The van der Waals surface area contributed by atoms with E-state index in [9.17, 15) is 0 Å². The number of unbranched alkanes of at least 4 members (excludes halogenated alkanes) is 2. The third kappa shape index (κ3) is 6.40. The van der Waals surface area contributed by atoms with Gasteiger partial charge in [0, 0.05) is 0 Å². The van der Waals surface area contributed by atoms with Crippen molar-refractivity contribution < 1.29 is 0 Å². The van der Waals surface area contributed by atoms with Crippen LogP contribution in [0.5, 0.6) is 0 Å². The van der Waals surface area contributed by atoms with Gasteiger partial charge >= 0.3 is 0 Å². The first-order valence-corrected chi connectivity index (χ1v) is 5.12. The Labute approximate surface area is 72.4 Å². The van der Waals surface area contributed by atoms with Crippen molar-refractivity contribution in [3.8, 4) is 0 Å². The molecule has 0 unspecified atom stereocenters. The SMILES string of the molecule is CCCCC(C)(C)CCCC. The summed E-state index contributed by atoms with van der Waals surface area (Å²) in [5.41, 5.74) is 0.603. The summed E-state index contributed by atoms with van der Waals surface area (Å²) in [6.45, 7) is 9.35. The van der Waals surface area contributed by atoms with E-state index >= 15 is 0 Å². The minimum atomic E-state index is 0.603. The molecule has 0 aliphatic heterocycles. The molecule has 0 amide bonds. The lowest BCUT2D eigenvalue weighted by molar-refractivity contribution is 0.289. The third-order valence-electron chi connectivity index (χ3n) is 2.41. The normalized spacial score (nSPS) is 12.0. The van der Waals surface area contributed by atoms with E-state index in [4.69, 9.17) is 0 Å². The molecule has 0 atom stereocenters. The molecule has 0 radical (unpaired) electrons. The van der Waals surface area contributed by atoms with Gasteiger partial charge in [0.25, 0.3) is 0 Å². The Bertz CT molecular complexity index is 72.0. The monoisotopic (exact) mass is 156 g/mol. The molecular weight excluding hydrogens is 132 g/mol. The molecule has 0 saturated heterocycles. The van der Waals surface area contributed by atoms with Crippen LogP contribution in [0.2, 0.25) is 0 Å². The maximum absolute atomic E-state index is 2.40. The van der Waals surface area contributed by atoms with Gasteiger partial charge in [0.1, 0.15) is 0 Å². The predicted molar refractivity (Wildman–Crippen MR) is 52.8 cm³/mol. The summed E-state index contributed by atoms with van der Waals surface area (Å²) in [5.74, 6) is 0. The molecule has 0 aromatic carbocycles. The molecular formula is C11H24. The summed E-state index contributed by atoms with van der Waals surface area (Å²) in [4.78, 5) is 0. The van der Waals surface area contributed by atoms with E-state index in [1.807, 2.05) is 0 Å². The number of hydrogen-bond acceptors (Lipinski definition) is 0. The fourth-order valence-corrected chi connectivity index (χ4v) is 1.44. The average molecular weight is 156 g/mol. The maximum Gasteiger partial charge on any atom is -0.0354 e. The molecule has 0 saturated carbocycles. The first-order valence-electron chi connectivity index (χ1n) is 5.12. The largest absolute Gasteiger partial charge is 0.0654 e. The second kappa shape index (κ2) is 5.62. The lowest BCUT2D eigenvalue weighted by Gasteiger charge is -2.23. The van der Waals surface area contributed by atoms with E-state index in [2.05, 4.69) is 27.7 Å². The van der Waals surface area contributed by atoms with E-state index < -0.39 is 0 Å². The topological polar surface area (TPSA) is 0 Å². The van der Waals surface area contributed by atoms with E-state index in [0.29, 0.717) is 5.41 Å². The highest BCUT2D eigenvalue weighted by Gasteiger charge is 2.15. The van der Waals surface area contributed by atoms with Gasteiger partial charge in [-0.3, -0.25) is 0 Å². The van der Waals surface area contributed by atoms with Crippen LogP contribution < -0.4 is 0 Å². The fraction of sp³-hybridized carbons (Fsp3) is 1.00. The van der Waals surface area contributed by atoms with Gasteiger partial charge in [-0.2, -0.15) is 0 Å². The Morgan fingerprint density at radius 3 is 1.45 bits per heavy atom. The third-order valence-corrected chi connectivity index (χ3v) is 2.41. The zero-order valence-corrected chi connectivity index (χ0v) is 8.74. The van der Waals surface area contributed by atoms with Crippen molar-refractivity contribution in [2.45, 2.75) is 66.2 Å². The molecule has 0 nitrogen and oxygen atoms in total. The zero-order valence-electron chi connectivity index (χ0n) is 8.74. The Morgan fingerprint density at radius 2 is 1.18 bits per heavy atom. The van der Waals surface area contributed by atoms with E-state index in [1.165, 1.54) is 38.5 Å². The van der Waals surface area contributed by atoms with Crippen molar-refractivity contribution in [3.05, 3.63) is 0 Å². The molecule has 11 heavy (non-hydrogen) atoms. The second-order valence-electron chi connectivity index (χ2n) is 4.37. The van der Waals surface area contributed by atoms with Gasteiger partial charge < -0.3 is 0 Å². The van der Waals surface area contributed by atoms with Gasteiger partial charge in [-0.1, -0.05) is 53.4 Å². The Hall–Kier alpha value is 0. The quantitative estimate of drug-likeness (QED) is 0.535. The summed E-state index contributed by atoms with van der Waals surface area (Å²) in [6, 6.07) is 0. The molecule has 0 aromatic heterocycles. The van der Waals surface area contributed by atoms with Gasteiger partial charge in [0.2, 0.25) is 0 Å². The van der Waals surface area contributed by atoms with Gasteiger partial charge in [-0.05, 0) is 18.3 Å². The standard InChI is InChI=1S/C11H24/c1-5-7-9-11(3,4)10-8-6-2/h5-10H2,1-4H3. The van der Waals surface area contributed by atoms with Crippen LogP contribution in [0.4, 0.5) is 0 Å². The van der Waals surface area contributed by atoms with Crippen LogP contribution in [-0.4, -0.2) is 0 Å². The average Bonchev–Trinajstić information content (AvgIpc) is 1.97. The lowest BCUT2D eigenvalue weighted by Crippen LogP contribution is -2.10. The van der Waals surface area contributed by atoms with Crippen molar-refractivity contribution in [3.63, 3.8) is 0 Å². The number of hydrogen-bond donors (Lipinski definition) is 0. The van der Waals surface area contributed by atoms with E-state index in [-0.39, 0.29) is 0 Å². The van der Waals surface area contributed by atoms with Gasteiger partial charge in [-0.15, -0.1) is 0 Å². The molecule has 0 N–H and O–H groups in total. The highest BCUT2D eigenvalue weighted by molar-refractivity contribution is 4.67. The van der Waals surface area contributed by atoms with Gasteiger partial charge in [0.05, 0.1) is 0 Å². The first-order chi connectivity index (χ1) is 5.12. The number of rotatable bonds is 6. The van der Waals surface area contributed by atoms with Crippen LogP contribution in [0.3, 0.4) is 0 Å². The van der Waals surface area contributed by atoms with Crippen molar-refractivity contribution in [1.82, 2.24) is 0 Å². The first kappa shape index (κ1) is 11.0. The lowest BCUT2D eigenvalue weighted by atomic mass is 9.82. The van der Waals surface area contributed by atoms with E-state index in [1.54, 1.807) is 0 Å². The smallest absolute Gasteiger partial charge is 0.0354 e. The van der Waals surface area contributed by atoms with Crippen molar-refractivity contribution >= 4 is 0 Å². The summed E-state index contributed by atoms with van der Waals surface area (Å²) < 4.78 is 0. The maximum atomic E-state index is 2.40. The summed E-state index contributed by atoms with van der Waals surface area (Å²) >= 11 is 0. The molecule has 0 heterocycles. The fourth-order valence-electron chi connectivity index (χ4n) is 1.44. The predicted octanol–water partition coefficient (Wildman–Crippen LogP) is 4.39. The summed E-state index contributed by atoms with van der Waals surface area (Å²) in [7, 11) is 0. The molecule has 0 bridgehead atoms. The molecule has 0 rings (SSSR count). The second-order valence-corrected chi connectivity index (χ2v) is 4.37. The highest BCUT2D eigenvalue weighted by Crippen LogP contribution is 2.29. The Kier molecular flexibility index (Phi) is 5.62.